The molecule has 6 aromatic rings. The second-order valence-corrected chi connectivity index (χ2v) is 12.1. The topological polar surface area (TPSA) is 182 Å². The monoisotopic (exact) mass is 760 g/mol. The number of rotatable bonds is 12. The number of methoxy groups -OCH3 is 2. The highest BCUT2D eigenvalue weighted by Gasteiger charge is 2.19. The van der Waals surface area contributed by atoms with E-state index in [4.69, 9.17) is 14.6 Å². The Morgan fingerprint density at radius 3 is 1.34 bits per heavy atom. The van der Waals surface area contributed by atoms with Gasteiger partial charge in [0.05, 0.1) is 41.8 Å². The summed E-state index contributed by atoms with van der Waals surface area (Å²) in [6.45, 7) is -0.0228. The van der Waals surface area contributed by atoms with Crippen molar-refractivity contribution in [2.75, 3.05) is 14.2 Å². The average Bonchev–Trinajstić information content (AvgIpc) is 3.20. The molecule has 12 heteroatoms. The molecule has 56 heavy (non-hydrogen) atoms. The number of aromatic hydroxyl groups is 2. The number of aldehydes is 1. The van der Waals surface area contributed by atoms with E-state index in [2.05, 4.69) is 0 Å². The van der Waals surface area contributed by atoms with E-state index in [1.165, 1.54) is 38.5 Å². The molecule has 0 saturated heterocycles. The number of phenolic OH excluding ortho intramolecular Hbond substituents is 2. The minimum atomic E-state index is -0.481. The molecule has 12 nitrogen and oxygen atoms in total. The second-order valence-electron chi connectivity index (χ2n) is 12.1. The number of aliphatic hydroxyl groups excluding tert-OH is 1. The summed E-state index contributed by atoms with van der Waals surface area (Å²) in [5.74, 6) is 0.899. The van der Waals surface area contributed by atoms with Crippen LogP contribution in [0.1, 0.15) is 53.0 Å². The molecular weight excluding hydrogens is 716 g/mol. The van der Waals surface area contributed by atoms with Crippen LogP contribution in [0.25, 0.3) is 22.3 Å². The van der Waals surface area contributed by atoms with Crippen molar-refractivity contribution in [2.24, 2.45) is 0 Å². The molecule has 0 saturated carbocycles. The van der Waals surface area contributed by atoms with E-state index < -0.39 is 9.85 Å². The third-order valence-corrected chi connectivity index (χ3v) is 8.69. The molecule has 0 spiro atoms. The van der Waals surface area contributed by atoms with E-state index in [-0.39, 0.29) is 44.3 Å². The van der Waals surface area contributed by atoms with Gasteiger partial charge in [-0.1, -0.05) is 99.8 Å². The minimum Gasteiger partial charge on any atom is -0.507 e. The van der Waals surface area contributed by atoms with Crippen LogP contribution in [-0.2, 0) is 19.4 Å². The van der Waals surface area contributed by atoms with Gasteiger partial charge in [0, 0.05) is 42.7 Å². The zero-order valence-corrected chi connectivity index (χ0v) is 29.3. The van der Waals surface area contributed by atoms with Gasteiger partial charge in [0.15, 0.2) is 0 Å². The number of benzene rings is 6. The fourth-order valence-corrected chi connectivity index (χ4v) is 5.88. The largest absolute Gasteiger partial charge is 0.507 e. The second kappa shape index (κ2) is 19.9. The number of phenols is 2. The van der Waals surface area contributed by atoms with Gasteiger partial charge in [0.1, 0.15) is 29.3 Å². The van der Waals surface area contributed by atoms with Crippen molar-refractivity contribution in [3.63, 3.8) is 0 Å². The molecule has 0 atom stereocenters. The van der Waals surface area contributed by atoms with Gasteiger partial charge in [0.2, 0.25) is 0 Å². The summed E-state index contributed by atoms with van der Waals surface area (Å²) in [4.78, 5) is 32.0. The maximum atomic E-state index is 11.1. The smallest absolute Gasteiger partial charge is 0.270 e. The van der Waals surface area contributed by atoms with Crippen LogP contribution in [-0.4, -0.2) is 45.7 Å². The summed E-state index contributed by atoms with van der Waals surface area (Å²) in [6, 6.07) is 33.6. The van der Waals surface area contributed by atoms with Gasteiger partial charge in [-0.3, -0.25) is 25.0 Å². The Hall–Kier alpha value is -7.05. The number of hydrogen-bond acceptors (Lipinski definition) is 10. The van der Waals surface area contributed by atoms with Crippen LogP contribution in [0.15, 0.2) is 121 Å². The molecule has 0 heterocycles. The Morgan fingerprint density at radius 1 is 0.589 bits per heavy atom. The van der Waals surface area contributed by atoms with Crippen LogP contribution in [0.2, 0.25) is 0 Å². The molecule has 0 fully saturated rings. The maximum Gasteiger partial charge on any atom is 0.270 e. The lowest BCUT2D eigenvalue weighted by Crippen LogP contribution is -1.96. The van der Waals surface area contributed by atoms with Crippen molar-refractivity contribution in [1.29, 1.82) is 0 Å². The van der Waals surface area contributed by atoms with Gasteiger partial charge in [-0.15, -0.1) is 0 Å². The quantitative estimate of drug-likeness (QED) is 0.0617. The lowest BCUT2D eigenvalue weighted by molar-refractivity contribution is -0.385. The van der Waals surface area contributed by atoms with Crippen LogP contribution in [0, 0.1) is 20.2 Å². The Balaban J connectivity index is 0.000000290. The number of nitro groups is 2. The molecule has 0 aliphatic rings. The van der Waals surface area contributed by atoms with Crippen molar-refractivity contribution in [3.05, 3.63) is 175 Å². The number of non-ortho nitro benzene ring substituents is 2. The Labute approximate surface area is 325 Å². The highest BCUT2D eigenvalue weighted by atomic mass is 16.6. The lowest BCUT2D eigenvalue weighted by atomic mass is 9.96. The molecule has 3 N–H and O–H groups in total. The van der Waals surface area contributed by atoms with Gasteiger partial charge in [-0.25, -0.2) is 0 Å². The first kappa shape index (κ1) is 43.4. The van der Waals surface area contributed by atoms with Crippen molar-refractivity contribution < 1.29 is 39.4 Å². The third kappa shape index (κ3) is 10.1. The van der Waals surface area contributed by atoms with Crippen LogP contribution in [0.5, 0.6) is 23.0 Å². The standard InChI is InChI=1S/C21H19NO5.C21H17NO5.2CH4/c2*1-27-19-10-9-17(11-14-5-7-15(13-23)8-6-14)21(24)20(19)16-3-2-4-18(12-16)22(25)26;;/h2-10,12,23-24H,11,13H2,1H3;2-10,12-13,24H,11H2,1H3;2*1H4. The average molecular weight is 761 g/mol. The first-order valence-electron chi connectivity index (χ1n) is 16.6. The van der Waals surface area contributed by atoms with E-state index in [1.54, 1.807) is 60.7 Å². The number of nitrogens with zero attached hydrogens (tertiary/aromatic N) is 2. The Morgan fingerprint density at radius 2 is 0.982 bits per heavy atom. The number of carbonyl (C=O) groups is 1. The summed E-state index contributed by atoms with van der Waals surface area (Å²) in [5, 5.41) is 53.0. The molecule has 0 aromatic heterocycles. The molecule has 0 bridgehead atoms. The number of aliphatic hydroxyl groups is 1. The van der Waals surface area contributed by atoms with Crippen LogP contribution < -0.4 is 9.47 Å². The van der Waals surface area contributed by atoms with E-state index in [0.29, 0.717) is 63.3 Å². The lowest BCUT2D eigenvalue weighted by Gasteiger charge is -2.14. The summed E-state index contributed by atoms with van der Waals surface area (Å²) in [7, 11) is 2.97. The van der Waals surface area contributed by atoms with Gasteiger partial charge >= 0.3 is 0 Å². The molecule has 6 rings (SSSR count). The van der Waals surface area contributed by atoms with Crippen molar-refractivity contribution in [2.45, 2.75) is 34.3 Å². The van der Waals surface area contributed by atoms with E-state index in [0.717, 1.165) is 23.0 Å². The zero-order chi connectivity index (χ0) is 38.8. The SMILES string of the molecule is C.C.COc1ccc(Cc2ccc(C=O)cc2)c(O)c1-c1cccc([N+](=O)[O-])c1.COc1ccc(Cc2ccc(CO)cc2)c(O)c1-c1cccc([N+](=O)[O-])c1. The fraction of sp³-hybridized carbons (Fsp3) is 0.159. The van der Waals surface area contributed by atoms with Crippen molar-refractivity contribution in [1.82, 2.24) is 0 Å². The predicted molar refractivity (Wildman–Crippen MR) is 217 cm³/mol. The van der Waals surface area contributed by atoms with Gasteiger partial charge in [-0.05, 0) is 51.1 Å². The first-order chi connectivity index (χ1) is 26.1. The normalized spacial score (nSPS) is 10.1. The molecule has 0 unspecified atom stereocenters. The van der Waals surface area contributed by atoms with Crippen LogP contribution in [0.3, 0.4) is 0 Å². The van der Waals surface area contributed by atoms with Crippen LogP contribution in [0.4, 0.5) is 11.4 Å². The Kier molecular flexibility index (Phi) is 15.4. The third-order valence-electron chi connectivity index (χ3n) is 8.69. The molecule has 6 aromatic carbocycles. The van der Waals surface area contributed by atoms with Gasteiger partial charge in [0.25, 0.3) is 11.4 Å². The molecule has 0 aliphatic carbocycles. The number of hydrogen-bond donors (Lipinski definition) is 3. The fourth-order valence-electron chi connectivity index (χ4n) is 5.88. The molecule has 290 valence electrons. The van der Waals surface area contributed by atoms with Gasteiger partial charge in [-0.2, -0.15) is 0 Å². The summed E-state index contributed by atoms with van der Waals surface area (Å²) in [6.07, 6.45) is 1.69. The number of ether oxygens (including phenoxy) is 2. The minimum absolute atomic E-state index is 0. The summed E-state index contributed by atoms with van der Waals surface area (Å²) >= 11 is 0. The van der Waals surface area contributed by atoms with E-state index in [9.17, 15) is 35.2 Å². The van der Waals surface area contributed by atoms with Crippen molar-refractivity contribution in [3.8, 4) is 45.3 Å². The summed E-state index contributed by atoms with van der Waals surface area (Å²) < 4.78 is 10.7. The zero-order valence-electron chi connectivity index (χ0n) is 29.3. The van der Waals surface area contributed by atoms with E-state index >= 15 is 0 Å². The highest BCUT2D eigenvalue weighted by Crippen LogP contribution is 2.43. The molecule has 0 radical (unpaired) electrons. The number of carbonyl (C=O) groups excluding carboxylic acids is 1. The summed E-state index contributed by atoms with van der Waals surface area (Å²) in [5.41, 5.74) is 6.32. The molecular formula is C44H44N2O10. The molecule has 0 amide bonds. The predicted octanol–water partition coefficient (Wildman–Crippen LogP) is 9.71. The first-order valence-corrected chi connectivity index (χ1v) is 16.6. The van der Waals surface area contributed by atoms with Crippen LogP contribution >= 0.6 is 0 Å². The van der Waals surface area contributed by atoms with Crippen molar-refractivity contribution >= 4 is 17.7 Å². The molecule has 0 aliphatic heterocycles. The highest BCUT2D eigenvalue weighted by molar-refractivity contribution is 5.81. The van der Waals surface area contributed by atoms with E-state index in [1.807, 2.05) is 36.4 Å². The number of nitro benzene ring substituents is 2. The Bertz CT molecular complexity index is 2290. The maximum absolute atomic E-state index is 11.1. The van der Waals surface area contributed by atoms with Gasteiger partial charge < -0.3 is 24.8 Å².